The summed E-state index contributed by atoms with van der Waals surface area (Å²) in [6.07, 6.45) is 2.67. The number of hydrogen-bond acceptors (Lipinski definition) is 4. The Morgan fingerprint density at radius 3 is 2.54 bits per heavy atom. The van der Waals surface area contributed by atoms with E-state index in [0.29, 0.717) is 25.6 Å². The van der Waals surface area contributed by atoms with Gasteiger partial charge in [0.25, 0.3) is 0 Å². The number of aromatic nitrogens is 1. The van der Waals surface area contributed by atoms with Gasteiger partial charge in [-0.1, -0.05) is 35.4 Å². The van der Waals surface area contributed by atoms with Gasteiger partial charge in [-0.05, 0) is 31.9 Å². The summed E-state index contributed by atoms with van der Waals surface area (Å²) in [4.78, 5) is 8.58. The van der Waals surface area contributed by atoms with Crippen LogP contribution >= 0.6 is 24.0 Å². The first kappa shape index (κ1) is 24.2. The van der Waals surface area contributed by atoms with E-state index in [2.05, 4.69) is 52.7 Å². The number of aryl methyl sites for hydroxylation is 2. The molecule has 6 nitrogen and oxygen atoms in total. The van der Waals surface area contributed by atoms with Crippen LogP contribution < -0.4 is 15.4 Å². The molecule has 7 heteroatoms. The first-order chi connectivity index (χ1) is 13.1. The summed E-state index contributed by atoms with van der Waals surface area (Å²) < 4.78 is 10.7. The predicted molar refractivity (Wildman–Crippen MR) is 125 cm³/mol. The van der Waals surface area contributed by atoms with E-state index < -0.39 is 0 Å². The maximum atomic E-state index is 5.67. The maximum Gasteiger partial charge on any atom is 0.218 e. The molecule has 1 heterocycles. The topological polar surface area (TPSA) is 67.8 Å². The normalized spacial score (nSPS) is 10.9. The quantitative estimate of drug-likeness (QED) is 0.241. The molecule has 0 aliphatic heterocycles. The van der Waals surface area contributed by atoms with Gasteiger partial charge in [0.15, 0.2) is 5.96 Å². The zero-order chi connectivity index (χ0) is 19.5. The van der Waals surface area contributed by atoms with E-state index in [1.54, 1.807) is 20.4 Å². The largest absolute Gasteiger partial charge is 0.475 e. The molecule has 2 N–H and O–H groups in total. The third-order valence-electron chi connectivity index (χ3n) is 4.03. The predicted octanol–water partition coefficient (Wildman–Crippen LogP) is 3.25. The van der Waals surface area contributed by atoms with Crippen molar-refractivity contribution in [3.05, 3.63) is 58.8 Å². The maximum absolute atomic E-state index is 5.67. The van der Waals surface area contributed by atoms with E-state index in [1.807, 2.05) is 12.1 Å². The number of pyridine rings is 1. The minimum Gasteiger partial charge on any atom is -0.475 e. The number of aliphatic imine (C=N–C) groups is 1. The Hall–Kier alpha value is -1.87. The number of methoxy groups -OCH3 is 1. The highest BCUT2D eigenvalue weighted by Crippen LogP contribution is 2.13. The summed E-state index contributed by atoms with van der Waals surface area (Å²) in [6.45, 7) is 6.66. The zero-order valence-electron chi connectivity index (χ0n) is 17.1. The second-order valence-electron chi connectivity index (χ2n) is 6.41. The minimum absolute atomic E-state index is 0. The van der Waals surface area contributed by atoms with Crippen molar-refractivity contribution in [1.82, 2.24) is 15.6 Å². The molecular formula is C21H31IN4O2. The van der Waals surface area contributed by atoms with E-state index >= 15 is 0 Å². The molecule has 0 saturated heterocycles. The van der Waals surface area contributed by atoms with E-state index in [-0.39, 0.29) is 24.0 Å². The fraction of sp³-hybridized carbons (Fsp3) is 0.429. The van der Waals surface area contributed by atoms with Crippen LogP contribution in [0.15, 0.2) is 41.5 Å². The first-order valence-electron chi connectivity index (χ1n) is 9.19. The van der Waals surface area contributed by atoms with Crippen molar-refractivity contribution in [3.63, 3.8) is 0 Å². The van der Waals surface area contributed by atoms with Crippen molar-refractivity contribution in [2.45, 2.75) is 26.8 Å². The van der Waals surface area contributed by atoms with Crippen LogP contribution in [-0.2, 0) is 17.7 Å². The van der Waals surface area contributed by atoms with Crippen molar-refractivity contribution in [3.8, 4) is 5.88 Å². The summed E-state index contributed by atoms with van der Waals surface area (Å²) in [5.74, 6) is 1.37. The van der Waals surface area contributed by atoms with Crippen LogP contribution in [-0.4, -0.2) is 44.9 Å². The fourth-order valence-corrected chi connectivity index (χ4v) is 2.85. The molecule has 0 aliphatic rings. The number of ether oxygens (including phenoxy) is 2. The Morgan fingerprint density at radius 1 is 1.11 bits per heavy atom. The molecule has 154 valence electrons. The van der Waals surface area contributed by atoms with Crippen molar-refractivity contribution in [2.75, 3.05) is 33.9 Å². The van der Waals surface area contributed by atoms with Gasteiger partial charge in [-0.15, -0.1) is 24.0 Å². The van der Waals surface area contributed by atoms with Crippen molar-refractivity contribution < 1.29 is 9.47 Å². The highest BCUT2D eigenvalue weighted by molar-refractivity contribution is 14.0. The van der Waals surface area contributed by atoms with Gasteiger partial charge in [-0.2, -0.15) is 0 Å². The Kier molecular flexibility index (Phi) is 11.5. The molecule has 0 saturated carbocycles. The zero-order valence-corrected chi connectivity index (χ0v) is 19.4. The lowest BCUT2D eigenvalue weighted by Crippen LogP contribution is -2.38. The van der Waals surface area contributed by atoms with Gasteiger partial charge >= 0.3 is 0 Å². The molecule has 0 spiro atoms. The Labute approximate surface area is 185 Å². The van der Waals surface area contributed by atoms with Gasteiger partial charge in [0.05, 0.1) is 6.61 Å². The van der Waals surface area contributed by atoms with Crippen LogP contribution in [0.5, 0.6) is 5.88 Å². The number of nitrogens with one attached hydrogen (secondary N) is 2. The van der Waals surface area contributed by atoms with Crippen LogP contribution in [0.2, 0.25) is 0 Å². The second kappa shape index (κ2) is 13.3. The first-order valence-corrected chi connectivity index (χ1v) is 9.19. The molecule has 0 atom stereocenters. The Bertz CT molecular complexity index is 733. The molecule has 0 radical (unpaired) electrons. The lowest BCUT2D eigenvalue weighted by atomic mass is 10.1. The molecule has 0 aliphatic carbocycles. The monoisotopic (exact) mass is 498 g/mol. The van der Waals surface area contributed by atoms with Crippen LogP contribution in [0.3, 0.4) is 0 Å². The molecule has 2 rings (SSSR count). The van der Waals surface area contributed by atoms with Crippen LogP contribution in [0.1, 0.15) is 22.3 Å². The van der Waals surface area contributed by atoms with Crippen LogP contribution in [0.4, 0.5) is 0 Å². The Balaban J connectivity index is 0.00000392. The molecule has 2 aromatic rings. The summed E-state index contributed by atoms with van der Waals surface area (Å²) in [7, 11) is 3.42. The number of benzene rings is 1. The van der Waals surface area contributed by atoms with Crippen molar-refractivity contribution in [1.29, 1.82) is 0 Å². The van der Waals surface area contributed by atoms with Gasteiger partial charge in [-0.25, -0.2) is 4.98 Å². The van der Waals surface area contributed by atoms with Gasteiger partial charge in [-0.3, -0.25) is 4.99 Å². The summed E-state index contributed by atoms with van der Waals surface area (Å²) in [5.41, 5.74) is 4.90. The van der Waals surface area contributed by atoms with E-state index in [1.165, 1.54) is 16.7 Å². The minimum atomic E-state index is 0. The molecule has 0 amide bonds. The standard InChI is InChI=1S/C21H30N4O2.HI/c1-16-12-17(2)14-18(13-16)7-9-24-21(22-3)25-15-19-6-5-8-23-20(19)27-11-10-26-4;/h5-6,8,12-14H,7,9-11,15H2,1-4H3,(H2,22,24,25);1H. The lowest BCUT2D eigenvalue weighted by molar-refractivity contribution is 0.143. The summed E-state index contributed by atoms with van der Waals surface area (Å²) in [5, 5.41) is 6.67. The SMILES string of the molecule is CN=C(NCCc1cc(C)cc(C)c1)NCc1cccnc1OCCOC.I. The smallest absolute Gasteiger partial charge is 0.218 e. The van der Waals surface area contributed by atoms with E-state index in [0.717, 1.165) is 24.5 Å². The highest BCUT2D eigenvalue weighted by atomic mass is 127. The number of nitrogens with zero attached hydrogens (tertiary/aromatic N) is 2. The van der Waals surface area contributed by atoms with Gasteiger partial charge in [0, 0.05) is 39.0 Å². The molecular weight excluding hydrogens is 467 g/mol. The molecule has 28 heavy (non-hydrogen) atoms. The lowest BCUT2D eigenvalue weighted by Gasteiger charge is -2.14. The average Bonchev–Trinajstić information content (AvgIpc) is 2.65. The third-order valence-corrected chi connectivity index (χ3v) is 4.03. The summed E-state index contributed by atoms with van der Waals surface area (Å²) >= 11 is 0. The van der Waals surface area contributed by atoms with E-state index in [9.17, 15) is 0 Å². The van der Waals surface area contributed by atoms with Crippen LogP contribution in [0, 0.1) is 13.8 Å². The number of halogens is 1. The average molecular weight is 498 g/mol. The molecule has 0 unspecified atom stereocenters. The van der Waals surface area contributed by atoms with Gasteiger partial charge in [0.1, 0.15) is 6.61 Å². The third kappa shape index (κ3) is 8.43. The highest BCUT2D eigenvalue weighted by Gasteiger charge is 2.06. The molecule has 1 aromatic carbocycles. The molecule has 0 fully saturated rings. The molecule has 1 aromatic heterocycles. The van der Waals surface area contributed by atoms with Crippen molar-refractivity contribution in [2.24, 2.45) is 4.99 Å². The summed E-state index contributed by atoms with van der Waals surface area (Å²) in [6, 6.07) is 10.5. The number of rotatable bonds is 9. The van der Waals surface area contributed by atoms with Crippen molar-refractivity contribution >= 4 is 29.9 Å². The Morgan fingerprint density at radius 2 is 1.86 bits per heavy atom. The number of guanidine groups is 1. The van der Waals surface area contributed by atoms with Gasteiger partial charge < -0.3 is 20.1 Å². The van der Waals surface area contributed by atoms with Crippen LogP contribution in [0.25, 0.3) is 0 Å². The molecule has 0 bridgehead atoms. The second-order valence-corrected chi connectivity index (χ2v) is 6.41. The number of hydrogen-bond donors (Lipinski definition) is 2. The van der Waals surface area contributed by atoms with E-state index in [4.69, 9.17) is 9.47 Å². The van der Waals surface area contributed by atoms with Gasteiger partial charge in [0.2, 0.25) is 5.88 Å². The fourth-order valence-electron chi connectivity index (χ4n) is 2.85.